The van der Waals surface area contributed by atoms with Crippen molar-refractivity contribution >= 4 is 0 Å². The minimum atomic E-state index is 0.886. The fourth-order valence-electron chi connectivity index (χ4n) is 3.71. The first-order chi connectivity index (χ1) is 8.33. The third kappa shape index (κ3) is 3.03. The summed E-state index contributed by atoms with van der Waals surface area (Å²) >= 11 is 0. The SMILES string of the molecule is CN(CC1CCCC1)C1CCC1CNC1CC1. The van der Waals surface area contributed by atoms with Crippen LogP contribution in [0.5, 0.6) is 0 Å². The lowest BCUT2D eigenvalue weighted by Gasteiger charge is -2.44. The Hall–Kier alpha value is -0.0800. The smallest absolute Gasteiger partial charge is 0.0133 e. The third-order valence-corrected chi connectivity index (χ3v) is 5.21. The van der Waals surface area contributed by atoms with Gasteiger partial charge in [-0.15, -0.1) is 0 Å². The summed E-state index contributed by atoms with van der Waals surface area (Å²) in [7, 11) is 2.37. The van der Waals surface area contributed by atoms with Gasteiger partial charge in [-0.1, -0.05) is 12.8 Å². The van der Waals surface area contributed by atoms with E-state index in [0.29, 0.717) is 0 Å². The number of rotatable bonds is 6. The molecule has 2 heteroatoms. The second-order valence-electron chi connectivity index (χ2n) is 6.68. The Morgan fingerprint density at radius 1 is 1.00 bits per heavy atom. The molecule has 17 heavy (non-hydrogen) atoms. The molecule has 0 heterocycles. The molecule has 98 valence electrons. The highest BCUT2D eigenvalue weighted by molar-refractivity contribution is 4.92. The number of hydrogen-bond acceptors (Lipinski definition) is 2. The van der Waals surface area contributed by atoms with Crippen molar-refractivity contribution in [1.82, 2.24) is 10.2 Å². The molecule has 2 nitrogen and oxygen atoms in total. The Balaban J connectivity index is 1.39. The van der Waals surface area contributed by atoms with Gasteiger partial charge in [-0.05, 0) is 64.0 Å². The van der Waals surface area contributed by atoms with Gasteiger partial charge < -0.3 is 10.2 Å². The van der Waals surface area contributed by atoms with Crippen molar-refractivity contribution in [2.45, 2.75) is 63.5 Å². The average molecular weight is 236 g/mol. The Morgan fingerprint density at radius 2 is 1.76 bits per heavy atom. The predicted molar refractivity (Wildman–Crippen MR) is 72.1 cm³/mol. The zero-order chi connectivity index (χ0) is 11.7. The van der Waals surface area contributed by atoms with Crippen LogP contribution in [0.25, 0.3) is 0 Å². The molecular formula is C15H28N2. The molecule has 0 aromatic heterocycles. The third-order valence-electron chi connectivity index (χ3n) is 5.21. The van der Waals surface area contributed by atoms with Crippen LogP contribution in [0.4, 0.5) is 0 Å². The van der Waals surface area contributed by atoms with Gasteiger partial charge in [-0.3, -0.25) is 0 Å². The highest BCUT2D eigenvalue weighted by Crippen LogP contribution is 2.34. The van der Waals surface area contributed by atoms with E-state index in [4.69, 9.17) is 0 Å². The molecule has 2 unspecified atom stereocenters. The van der Waals surface area contributed by atoms with E-state index in [1.807, 2.05) is 0 Å². The zero-order valence-corrected chi connectivity index (χ0v) is 11.3. The van der Waals surface area contributed by atoms with E-state index in [9.17, 15) is 0 Å². The lowest BCUT2D eigenvalue weighted by atomic mass is 9.78. The van der Waals surface area contributed by atoms with Crippen LogP contribution in [-0.4, -0.2) is 37.1 Å². The summed E-state index contributed by atoms with van der Waals surface area (Å²) in [6, 6.07) is 1.78. The van der Waals surface area contributed by atoms with Crippen LogP contribution in [-0.2, 0) is 0 Å². The molecule has 0 aromatic carbocycles. The van der Waals surface area contributed by atoms with E-state index in [1.54, 1.807) is 0 Å². The van der Waals surface area contributed by atoms with Crippen LogP contribution < -0.4 is 5.32 Å². The lowest BCUT2D eigenvalue weighted by Crippen LogP contribution is -2.50. The van der Waals surface area contributed by atoms with Crippen molar-refractivity contribution in [1.29, 1.82) is 0 Å². The standard InChI is InChI=1S/C15H28N2/c1-17(11-12-4-2-3-5-12)15-9-6-13(15)10-16-14-7-8-14/h12-16H,2-11H2,1H3. The van der Waals surface area contributed by atoms with Crippen LogP contribution >= 0.6 is 0 Å². The first-order valence-corrected chi connectivity index (χ1v) is 7.76. The Kier molecular flexibility index (Phi) is 3.72. The van der Waals surface area contributed by atoms with Gasteiger partial charge in [0.1, 0.15) is 0 Å². The van der Waals surface area contributed by atoms with Gasteiger partial charge in [0, 0.05) is 18.6 Å². The highest BCUT2D eigenvalue weighted by Gasteiger charge is 2.35. The summed E-state index contributed by atoms with van der Waals surface area (Å²) in [5.41, 5.74) is 0. The van der Waals surface area contributed by atoms with Crippen LogP contribution in [0.1, 0.15) is 51.4 Å². The van der Waals surface area contributed by atoms with Crippen molar-refractivity contribution < 1.29 is 0 Å². The maximum absolute atomic E-state index is 3.71. The fraction of sp³-hybridized carbons (Fsp3) is 1.00. The molecule has 3 aliphatic carbocycles. The van der Waals surface area contributed by atoms with E-state index in [0.717, 1.165) is 23.9 Å². The van der Waals surface area contributed by atoms with Crippen LogP contribution in [0.2, 0.25) is 0 Å². The summed E-state index contributed by atoms with van der Waals surface area (Å²) in [4.78, 5) is 2.68. The molecule has 0 bridgehead atoms. The minimum Gasteiger partial charge on any atom is -0.314 e. The zero-order valence-electron chi connectivity index (χ0n) is 11.3. The second-order valence-corrected chi connectivity index (χ2v) is 6.68. The van der Waals surface area contributed by atoms with Crippen LogP contribution in [0.3, 0.4) is 0 Å². The average Bonchev–Trinajstić information content (AvgIpc) is 2.94. The molecule has 0 aromatic rings. The molecule has 0 radical (unpaired) electrons. The Morgan fingerprint density at radius 3 is 2.35 bits per heavy atom. The van der Waals surface area contributed by atoms with E-state index in [2.05, 4.69) is 17.3 Å². The highest BCUT2D eigenvalue weighted by atomic mass is 15.2. The maximum atomic E-state index is 3.71. The summed E-state index contributed by atoms with van der Waals surface area (Å²) in [6.45, 7) is 2.65. The Labute approximate surface area is 106 Å². The van der Waals surface area contributed by atoms with Crippen molar-refractivity contribution in [2.75, 3.05) is 20.1 Å². The molecule has 0 saturated heterocycles. The second kappa shape index (κ2) is 5.27. The molecule has 2 atom stereocenters. The normalized spacial score (nSPS) is 34.2. The molecule has 0 spiro atoms. The van der Waals surface area contributed by atoms with E-state index in [1.165, 1.54) is 64.5 Å². The van der Waals surface area contributed by atoms with Gasteiger partial charge in [0.05, 0.1) is 0 Å². The summed E-state index contributed by atoms with van der Waals surface area (Å²) < 4.78 is 0. The maximum Gasteiger partial charge on any atom is 0.0133 e. The minimum absolute atomic E-state index is 0.886. The molecule has 3 rings (SSSR count). The summed E-state index contributed by atoms with van der Waals surface area (Å²) in [6.07, 6.45) is 11.7. The number of hydrogen-bond donors (Lipinski definition) is 1. The molecule has 1 N–H and O–H groups in total. The van der Waals surface area contributed by atoms with Gasteiger partial charge in [0.2, 0.25) is 0 Å². The summed E-state index contributed by atoms with van der Waals surface area (Å²) in [5.74, 6) is 1.96. The Bertz CT molecular complexity index is 243. The van der Waals surface area contributed by atoms with Crippen molar-refractivity contribution in [3.63, 3.8) is 0 Å². The monoisotopic (exact) mass is 236 g/mol. The molecule has 0 amide bonds. The first-order valence-electron chi connectivity index (χ1n) is 7.76. The van der Waals surface area contributed by atoms with Gasteiger partial charge >= 0.3 is 0 Å². The van der Waals surface area contributed by atoms with Gasteiger partial charge in [0.15, 0.2) is 0 Å². The summed E-state index contributed by atoms with van der Waals surface area (Å²) in [5, 5.41) is 3.71. The van der Waals surface area contributed by atoms with E-state index >= 15 is 0 Å². The van der Waals surface area contributed by atoms with Crippen molar-refractivity contribution in [3.8, 4) is 0 Å². The predicted octanol–water partition coefficient (Wildman–Crippen LogP) is 2.64. The van der Waals surface area contributed by atoms with E-state index in [-0.39, 0.29) is 0 Å². The molecule has 3 saturated carbocycles. The van der Waals surface area contributed by atoms with E-state index < -0.39 is 0 Å². The van der Waals surface area contributed by atoms with Gasteiger partial charge in [-0.25, -0.2) is 0 Å². The van der Waals surface area contributed by atoms with Gasteiger partial charge in [0.25, 0.3) is 0 Å². The van der Waals surface area contributed by atoms with Gasteiger partial charge in [-0.2, -0.15) is 0 Å². The quantitative estimate of drug-likeness (QED) is 0.763. The molecule has 0 aliphatic heterocycles. The first kappa shape index (κ1) is 12.0. The molecule has 3 fully saturated rings. The number of nitrogens with one attached hydrogen (secondary N) is 1. The number of nitrogens with zero attached hydrogens (tertiary/aromatic N) is 1. The lowest BCUT2D eigenvalue weighted by molar-refractivity contribution is 0.0713. The fourth-order valence-corrected chi connectivity index (χ4v) is 3.71. The largest absolute Gasteiger partial charge is 0.314 e. The van der Waals surface area contributed by atoms with Crippen molar-refractivity contribution in [3.05, 3.63) is 0 Å². The topological polar surface area (TPSA) is 15.3 Å². The molecule has 3 aliphatic rings. The van der Waals surface area contributed by atoms with Crippen LogP contribution in [0.15, 0.2) is 0 Å². The van der Waals surface area contributed by atoms with Crippen LogP contribution in [0, 0.1) is 11.8 Å². The molecular weight excluding hydrogens is 208 g/mol. The van der Waals surface area contributed by atoms with Crippen molar-refractivity contribution in [2.24, 2.45) is 11.8 Å².